The molecule has 0 saturated heterocycles. The van der Waals surface area contributed by atoms with Gasteiger partial charge in [-0.25, -0.2) is 0 Å². The third-order valence-electron chi connectivity index (χ3n) is 4.54. The van der Waals surface area contributed by atoms with Crippen LogP contribution in [0.25, 0.3) is 5.57 Å². The second-order valence-electron chi connectivity index (χ2n) is 7.36. The van der Waals surface area contributed by atoms with Crippen molar-refractivity contribution in [3.63, 3.8) is 0 Å². The first-order chi connectivity index (χ1) is 16.7. The Labute approximate surface area is 207 Å². The fraction of sp³-hybridized carbons (Fsp3) is 0.385. The summed E-state index contributed by atoms with van der Waals surface area (Å²) in [5.41, 5.74) is 3.66. The van der Waals surface area contributed by atoms with Crippen molar-refractivity contribution in [3.05, 3.63) is 77.3 Å². The topological polar surface area (TPSA) is 68.6 Å². The Morgan fingerprint density at radius 3 is 1.89 bits per heavy atom. The van der Waals surface area contributed by atoms with E-state index in [0.29, 0.717) is 17.7 Å². The van der Waals surface area contributed by atoms with Gasteiger partial charge in [0.2, 0.25) is 5.91 Å². The molecule has 36 heavy (non-hydrogen) atoms. The standard InChI is InChI=1S/C11H9F6N.C9H11NO2.C6H12/c1-6(18-2)7-3-8(10(12,13)14)5-9(4-7)11(15,16)17;1-2-3-8(9(10)11)7-4-5-12-6-7;1-3-5-6-4-2/h3-5H,1-2H3;3-6H,2H2,1H3,(H2,10,11);3,5H,4,6H2,1-2H3/b;8-3+;5-3+. The summed E-state index contributed by atoms with van der Waals surface area (Å²) in [4.78, 5) is 14.5. The summed E-state index contributed by atoms with van der Waals surface area (Å²) in [6.45, 7) is 7.52. The van der Waals surface area contributed by atoms with Gasteiger partial charge in [-0.15, -0.1) is 0 Å². The zero-order valence-corrected chi connectivity index (χ0v) is 20.9. The Balaban J connectivity index is 0.000000583. The summed E-state index contributed by atoms with van der Waals surface area (Å²) in [5, 5.41) is 0. The molecule has 0 aliphatic heterocycles. The fourth-order valence-corrected chi connectivity index (χ4v) is 2.61. The summed E-state index contributed by atoms with van der Waals surface area (Å²) in [7, 11) is 1.29. The van der Waals surface area contributed by atoms with Crippen LogP contribution in [0.2, 0.25) is 0 Å². The zero-order chi connectivity index (χ0) is 27.9. The van der Waals surface area contributed by atoms with Crippen molar-refractivity contribution >= 4 is 17.2 Å². The van der Waals surface area contributed by atoms with E-state index >= 15 is 0 Å². The van der Waals surface area contributed by atoms with E-state index in [1.165, 1.54) is 39.3 Å². The van der Waals surface area contributed by atoms with Gasteiger partial charge in [0.1, 0.15) is 0 Å². The van der Waals surface area contributed by atoms with Crippen LogP contribution in [0.4, 0.5) is 26.3 Å². The average molecular weight is 519 g/mol. The number of hydrogen-bond donors (Lipinski definition) is 1. The molecule has 0 aliphatic carbocycles. The van der Waals surface area contributed by atoms with Gasteiger partial charge in [0, 0.05) is 23.9 Å². The quantitative estimate of drug-likeness (QED) is 0.182. The van der Waals surface area contributed by atoms with Gasteiger partial charge in [0.05, 0.1) is 23.7 Å². The number of amides is 1. The maximum Gasteiger partial charge on any atom is 0.416 e. The average Bonchev–Trinajstić information content (AvgIpc) is 3.34. The van der Waals surface area contributed by atoms with E-state index in [4.69, 9.17) is 10.2 Å². The number of rotatable bonds is 6. The molecule has 0 fully saturated rings. The van der Waals surface area contributed by atoms with Gasteiger partial charge < -0.3 is 10.2 Å². The minimum Gasteiger partial charge on any atom is -0.472 e. The van der Waals surface area contributed by atoms with Crippen LogP contribution < -0.4 is 5.73 Å². The molecule has 0 aliphatic rings. The molecule has 2 N–H and O–H groups in total. The first kappa shape index (κ1) is 32.7. The molecule has 2 aromatic rings. The van der Waals surface area contributed by atoms with E-state index < -0.39 is 29.4 Å². The number of nitrogens with zero attached hydrogens (tertiary/aromatic N) is 1. The third-order valence-corrected chi connectivity index (χ3v) is 4.54. The number of furan rings is 1. The Kier molecular flexibility index (Phi) is 14.2. The molecule has 2 rings (SSSR count). The molecule has 1 amide bonds. The fourth-order valence-electron chi connectivity index (χ4n) is 2.61. The number of hydrogen-bond acceptors (Lipinski definition) is 3. The predicted molar refractivity (Wildman–Crippen MR) is 130 cm³/mol. The highest BCUT2D eigenvalue weighted by Crippen LogP contribution is 2.36. The summed E-state index contributed by atoms with van der Waals surface area (Å²) < 4.78 is 79.8. The Morgan fingerprint density at radius 1 is 1.03 bits per heavy atom. The van der Waals surface area contributed by atoms with Crippen molar-refractivity contribution in [3.8, 4) is 0 Å². The van der Waals surface area contributed by atoms with E-state index in [2.05, 4.69) is 31.0 Å². The largest absolute Gasteiger partial charge is 0.472 e. The monoisotopic (exact) mass is 518 g/mol. The minimum absolute atomic E-state index is 0.0897. The smallest absolute Gasteiger partial charge is 0.416 e. The first-order valence-electron chi connectivity index (χ1n) is 11.1. The highest BCUT2D eigenvalue weighted by molar-refractivity contribution is 6.18. The van der Waals surface area contributed by atoms with Crippen LogP contribution >= 0.6 is 0 Å². The van der Waals surface area contributed by atoms with E-state index in [-0.39, 0.29) is 17.3 Å². The predicted octanol–water partition coefficient (Wildman–Crippen LogP) is 8.08. The molecule has 0 radical (unpaired) electrons. The molecule has 1 heterocycles. The van der Waals surface area contributed by atoms with Crippen molar-refractivity contribution in [1.29, 1.82) is 0 Å². The number of primary amides is 1. The summed E-state index contributed by atoms with van der Waals surface area (Å²) >= 11 is 0. The van der Waals surface area contributed by atoms with Crippen LogP contribution in [0.1, 0.15) is 69.2 Å². The molecule has 200 valence electrons. The highest BCUT2D eigenvalue weighted by Gasteiger charge is 2.37. The van der Waals surface area contributed by atoms with Crippen LogP contribution in [0.3, 0.4) is 0 Å². The van der Waals surface area contributed by atoms with Gasteiger partial charge in [-0.3, -0.25) is 9.79 Å². The van der Waals surface area contributed by atoms with Gasteiger partial charge in [0.25, 0.3) is 0 Å². The van der Waals surface area contributed by atoms with Gasteiger partial charge in [-0.1, -0.05) is 38.5 Å². The number of halogens is 6. The molecule has 0 atom stereocenters. The lowest BCUT2D eigenvalue weighted by Crippen LogP contribution is -2.13. The van der Waals surface area contributed by atoms with Crippen molar-refractivity contribution in [2.45, 2.75) is 59.3 Å². The summed E-state index contributed by atoms with van der Waals surface area (Å²) in [5.74, 6) is -0.418. The van der Waals surface area contributed by atoms with Crippen molar-refractivity contribution in [1.82, 2.24) is 0 Å². The highest BCUT2D eigenvalue weighted by atomic mass is 19.4. The molecule has 4 nitrogen and oxygen atoms in total. The first-order valence-corrected chi connectivity index (χ1v) is 11.1. The lowest BCUT2D eigenvalue weighted by atomic mass is 10.0. The maximum absolute atomic E-state index is 12.5. The van der Waals surface area contributed by atoms with Crippen LogP contribution in [0.5, 0.6) is 0 Å². The Morgan fingerprint density at radius 2 is 1.58 bits per heavy atom. The molecule has 1 aromatic heterocycles. The molecule has 0 saturated carbocycles. The van der Waals surface area contributed by atoms with Crippen molar-refractivity contribution in [2.24, 2.45) is 10.7 Å². The number of aliphatic imine (C=N–C) groups is 1. The van der Waals surface area contributed by atoms with E-state index in [1.807, 2.05) is 6.92 Å². The van der Waals surface area contributed by atoms with Gasteiger partial charge in [0.15, 0.2) is 0 Å². The second kappa shape index (κ2) is 15.6. The molecular weight excluding hydrogens is 486 g/mol. The number of unbranched alkanes of at least 4 members (excludes halogenated alkanes) is 1. The van der Waals surface area contributed by atoms with E-state index in [9.17, 15) is 31.1 Å². The normalized spacial score (nSPS) is 12.5. The molecular formula is C26H32F6N2O2. The van der Waals surface area contributed by atoms with Gasteiger partial charge in [-0.2, -0.15) is 26.3 Å². The number of allylic oxidation sites excluding steroid dienone is 3. The number of alkyl halides is 6. The van der Waals surface area contributed by atoms with Gasteiger partial charge >= 0.3 is 12.4 Å². The number of carbonyl (C=O) groups excluding carboxylic acids is 1. The molecule has 10 heteroatoms. The zero-order valence-electron chi connectivity index (χ0n) is 20.9. The summed E-state index contributed by atoms with van der Waals surface area (Å²) in [6.07, 6.45) is 2.70. The van der Waals surface area contributed by atoms with Crippen molar-refractivity contribution < 1.29 is 35.6 Å². The number of carbonyl (C=O) groups is 1. The molecule has 1 aromatic carbocycles. The van der Waals surface area contributed by atoms with Crippen LogP contribution in [-0.4, -0.2) is 18.7 Å². The Bertz CT molecular complexity index is 986. The van der Waals surface area contributed by atoms with E-state index in [1.54, 1.807) is 12.1 Å². The molecule has 0 bridgehead atoms. The van der Waals surface area contributed by atoms with Crippen molar-refractivity contribution in [2.75, 3.05) is 7.05 Å². The second-order valence-corrected chi connectivity index (χ2v) is 7.36. The van der Waals surface area contributed by atoms with Gasteiger partial charge in [-0.05, 0) is 56.5 Å². The summed E-state index contributed by atoms with van der Waals surface area (Å²) in [6, 6.07) is 3.10. The lowest BCUT2D eigenvalue weighted by Gasteiger charge is -2.14. The lowest BCUT2D eigenvalue weighted by molar-refractivity contribution is -0.143. The maximum atomic E-state index is 12.5. The SMILES string of the molecule is C/C=C/CCC.CC/C=C(/C(N)=O)c1ccoc1.CN=C(C)c1cc(C(F)(F)F)cc(C(F)(F)F)c1. The molecule has 0 unspecified atom stereocenters. The Hall–Kier alpha value is -3.30. The van der Waals surface area contributed by atoms with Crippen LogP contribution in [0.15, 0.2) is 64.4 Å². The van der Waals surface area contributed by atoms with Crippen LogP contribution in [0, 0.1) is 0 Å². The minimum atomic E-state index is -4.83. The molecule has 0 spiro atoms. The number of benzene rings is 1. The third kappa shape index (κ3) is 11.9. The number of nitrogens with two attached hydrogens (primary N) is 1. The van der Waals surface area contributed by atoms with E-state index in [0.717, 1.165) is 12.0 Å². The van der Waals surface area contributed by atoms with Crippen LogP contribution in [-0.2, 0) is 17.1 Å².